The largest absolute Gasteiger partial charge is 0.455 e. The van der Waals surface area contributed by atoms with Gasteiger partial charge in [-0.2, -0.15) is 0 Å². The minimum atomic E-state index is -0.285. The third-order valence-electron chi connectivity index (χ3n) is 3.05. The van der Waals surface area contributed by atoms with Crippen molar-refractivity contribution in [1.29, 1.82) is 0 Å². The molecule has 0 spiro atoms. The van der Waals surface area contributed by atoms with Crippen molar-refractivity contribution < 1.29 is 9.13 Å². The first kappa shape index (κ1) is 15.7. The molecule has 0 aliphatic carbocycles. The van der Waals surface area contributed by atoms with E-state index in [0.717, 1.165) is 18.5 Å². The molecule has 0 radical (unpaired) electrons. The molecule has 0 saturated carbocycles. The molecular weight excluding hydrogens is 291 g/mol. The summed E-state index contributed by atoms with van der Waals surface area (Å²) in [7, 11) is 0. The molecule has 112 valence electrons. The maximum atomic E-state index is 13.5. The molecule has 1 unspecified atom stereocenters. The maximum Gasteiger partial charge on any atom is 0.147 e. The highest BCUT2D eigenvalue weighted by atomic mass is 35.5. The summed E-state index contributed by atoms with van der Waals surface area (Å²) < 4.78 is 19.3. The molecule has 5 heteroatoms. The molecule has 1 aromatic carbocycles. The summed E-state index contributed by atoms with van der Waals surface area (Å²) in [4.78, 5) is 3.98. The van der Waals surface area contributed by atoms with Crippen molar-refractivity contribution in [2.24, 2.45) is 0 Å². The molecule has 0 amide bonds. The summed E-state index contributed by atoms with van der Waals surface area (Å²) in [6.45, 7) is 4.92. The third kappa shape index (κ3) is 4.41. The van der Waals surface area contributed by atoms with Crippen molar-refractivity contribution in [3.63, 3.8) is 0 Å². The molecule has 2 rings (SSSR count). The van der Waals surface area contributed by atoms with Gasteiger partial charge in [-0.05, 0) is 38.1 Å². The van der Waals surface area contributed by atoms with Gasteiger partial charge in [-0.15, -0.1) is 0 Å². The summed E-state index contributed by atoms with van der Waals surface area (Å²) in [5, 5.41) is 3.82. The molecule has 0 aliphatic heterocycles. The van der Waals surface area contributed by atoms with Crippen LogP contribution in [0, 0.1) is 5.82 Å². The van der Waals surface area contributed by atoms with Crippen molar-refractivity contribution in [3.8, 4) is 11.5 Å². The van der Waals surface area contributed by atoms with Gasteiger partial charge in [-0.1, -0.05) is 18.5 Å². The van der Waals surface area contributed by atoms with Gasteiger partial charge in [0.05, 0.1) is 11.2 Å². The lowest BCUT2D eigenvalue weighted by Crippen LogP contribution is -2.19. The normalized spacial score (nSPS) is 12.2. The molecule has 2 aromatic rings. The van der Waals surface area contributed by atoms with Crippen molar-refractivity contribution in [2.75, 3.05) is 6.54 Å². The number of nitrogens with one attached hydrogen (secondary N) is 1. The zero-order valence-corrected chi connectivity index (χ0v) is 12.8. The number of ether oxygens (including phenoxy) is 1. The molecule has 21 heavy (non-hydrogen) atoms. The van der Waals surface area contributed by atoms with Gasteiger partial charge in [0.25, 0.3) is 0 Å². The Hall–Kier alpha value is -1.65. The quantitative estimate of drug-likeness (QED) is 0.838. The Bertz CT molecular complexity index is 607. The van der Waals surface area contributed by atoms with Crippen molar-refractivity contribution >= 4 is 11.6 Å². The summed E-state index contributed by atoms with van der Waals surface area (Å²) in [6, 6.07) is 6.15. The number of rotatable bonds is 6. The number of pyridine rings is 1. The van der Waals surface area contributed by atoms with E-state index in [2.05, 4.69) is 17.2 Å². The molecule has 1 N–H and O–H groups in total. The fraction of sp³-hybridized carbons (Fsp3) is 0.312. The highest BCUT2D eigenvalue weighted by molar-refractivity contribution is 6.30. The van der Waals surface area contributed by atoms with Crippen LogP contribution in [-0.4, -0.2) is 11.5 Å². The molecular formula is C16H18ClFN2O. The van der Waals surface area contributed by atoms with Crippen LogP contribution in [0.5, 0.6) is 11.5 Å². The molecule has 0 saturated heterocycles. The summed E-state index contributed by atoms with van der Waals surface area (Å²) >= 11 is 5.89. The molecule has 1 aromatic heterocycles. The zero-order valence-electron chi connectivity index (χ0n) is 12.1. The Morgan fingerprint density at radius 1 is 1.33 bits per heavy atom. The van der Waals surface area contributed by atoms with E-state index in [1.165, 1.54) is 18.3 Å². The molecule has 0 aliphatic rings. The van der Waals surface area contributed by atoms with E-state index in [-0.39, 0.29) is 11.9 Å². The molecule has 0 fully saturated rings. The predicted molar refractivity (Wildman–Crippen MR) is 82.4 cm³/mol. The van der Waals surface area contributed by atoms with Gasteiger partial charge < -0.3 is 10.1 Å². The average Bonchev–Trinajstić information content (AvgIpc) is 2.46. The Kier molecular flexibility index (Phi) is 5.53. The van der Waals surface area contributed by atoms with Gasteiger partial charge in [0, 0.05) is 23.9 Å². The molecule has 1 heterocycles. The first-order chi connectivity index (χ1) is 10.1. The number of benzene rings is 1. The van der Waals surface area contributed by atoms with Crippen molar-refractivity contribution in [1.82, 2.24) is 10.3 Å². The monoisotopic (exact) mass is 308 g/mol. The topological polar surface area (TPSA) is 34.1 Å². The van der Waals surface area contributed by atoms with Crippen LogP contribution in [0.15, 0.2) is 36.7 Å². The fourth-order valence-corrected chi connectivity index (χ4v) is 2.16. The minimum Gasteiger partial charge on any atom is -0.455 e. The summed E-state index contributed by atoms with van der Waals surface area (Å²) in [5.74, 6) is 0.835. The number of hydrogen-bond acceptors (Lipinski definition) is 3. The lowest BCUT2D eigenvalue weighted by atomic mass is 10.1. The van der Waals surface area contributed by atoms with Crippen LogP contribution in [0.4, 0.5) is 4.39 Å². The van der Waals surface area contributed by atoms with Crippen LogP contribution < -0.4 is 10.1 Å². The minimum absolute atomic E-state index is 0.0113. The van der Waals surface area contributed by atoms with E-state index in [0.29, 0.717) is 16.5 Å². The smallest absolute Gasteiger partial charge is 0.147 e. The first-order valence-corrected chi connectivity index (χ1v) is 7.29. The third-order valence-corrected chi connectivity index (χ3v) is 3.25. The van der Waals surface area contributed by atoms with Gasteiger partial charge in [0.1, 0.15) is 17.3 Å². The number of aromatic nitrogens is 1. The van der Waals surface area contributed by atoms with Crippen LogP contribution in [0.2, 0.25) is 5.02 Å². The highest BCUT2D eigenvalue weighted by Crippen LogP contribution is 2.30. The first-order valence-electron chi connectivity index (χ1n) is 6.91. The number of hydrogen-bond donors (Lipinski definition) is 1. The van der Waals surface area contributed by atoms with Gasteiger partial charge in [0.15, 0.2) is 0 Å². The van der Waals surface area contributed by atoms with Crippen molar-refractivity contribution in [2.45, 2.75) is 26.3 Å². The zero-order chi connectivity index (χ0) is 15.2. The van der Waals surface area contributed by atoms with Crippen LogP contribution >= 0.6 is 11.6 Å². The number of halogens is 2. The van der Waals surface area contributed by atoms with Crippen LogP contribution in [-0.2, 0) is 0 Å². The summed E-state index contributed by atoms with van der Waals surface area (Å²) in [6.07, 6.45) is 4.11. The maximum absolute atomic E-state index is 13.5. The molecule has 3 nitrogen and oxygen atoms in total. The SMILES string of the molecule is CCCNC(C)c1cc(F)ccc1Oc1cncc(Cl)c1. The standard InChI is InChI=1S/C16H18ClFN2O/c1-3-6-20-11(2)15-8-13(18)4-5-16(15)21-14-7-12(17)9-19-10-14/h4-5,7-11,20H,3,6H2,1-2H3. The Labute approximate surface area is 129 Å². The predicted octanol–water partition coefficient (Wildman–Crippen LogP) is 4.73. The fourth-order valence-electron chi connectivity index (χ4n) is 2.00. The van der Waals surface area contributed by atoms with E-state index in [1.807, 2.05) is 6.92 Å². The van der Waals surface area contributed by atoms with Crippen molar-refractivity contribution in [3.05, 3.63) is 53.1 Å². The summed E-state index contributed by atoms with van der Waals surface area (Å²) in [5.41, 5.74) is 0.767. The van der Waals surface area contributed by atoms with Crippen LogP contribution in [0.25, 0.3) is 0 Å². The molecule has 1 atom stereocenters. The average molecular weight is 309 g/mol. The number of nitrogens with zero attached hydrogens (tertiary/aromatic N) is 1. The second-order valence-electron chi connectivity index (χ2n) is 4.80. The molecule has 0 bridgehead atoms. The second-order valence-corrected chi connectivity index (χ2v) is 5.24. The van der Waals surface area contributed by atoms with E-state index in [9.17, 15) is 4.39 Å². The highest BCUT2D eigenvalue weighted by Gasteiger charge is 2.13. The lowest BCUT2D eigenvalue weighted by Gasteiger charge is -2.18. The van der Waals surface area contributed by atoms with Crippen LogP contribution in [0.3, 0.4) is 0 Å². The van der Waals surface area contributed by atoms with Gasteiger partial charge in [-0.25, -0.2) is 4.39 Å². The van der Waals surface area contributed by atoms with E-state index in [1.54, 1.807) is 18.3 Å². The second kappa shape index (κ2) is 7.38. The lowest BCUT2D eigenvalue weighted by molar-refractivity contribution is 0.456. The van der Waals surface area contributed by atoms with Gasteiger partial charge >= 0.3 is 0 Å². The Balaban J connectivity index is 2.26. The van der Waals surface area contributed by atoms with Gasteiger partial charge in [-0.3, -0.25) is 4.98 Å². The van der Waals surface area contributed by atoms with Gasteiger partial charge in [0.2, 0.25) is 0 Å². The van der Waals surface area contributed by atoms with E-state index < -0.39 is 0 Å². The van der Waals surface area contributed by atoms with E-state index in [4.69, 9.17) is 16.3 Å². The Morgan fingerprint density at radius 3 is 2.86 bits per heavy atom. The van der Waals surface area contributed by atoms with E-state index >= 15 is 0 Å². The Morgan fingerprint density at radius 2 is 2.14 bits per heavy atom. The van der Waals surface area contributed by atoms with Crippen LogP contribution in [0.1, 0.15) is 31.9 Å².